The third-order valence-corrected chi connectivity index (χ3v) is 3.50. The fourth-order valence-electron chi connectivity index (χ4n) is 2.23. The number of nitrogens with one attached hydrogen (secondary N) is 2. The van der Waals surface area contributed by atoms with Gasteiger partial charge in [0.25, 0.3) is 5.91 Å². The van der Waals surface area contributed by atoms with Crippen molar-refractivity contribution in [2.24, 2.45) is 5.11 Å². The van der Waals surface area contributed by atoms with Gasteiger partial charge >= 0.3 is 5.95 Å². The molecule has 0 saturated carbocycles. The highest BCUT2D eigenvalue weighted by Gasteiger charge is 2.12. The molecule has 0 bridgehead atoms. The molecule has 3 rings (SSSR count). The lowest BCUT2D eigenvalue weighted by Crippen LogP contribution is -2.26. The number of aromatic nitrogens is 3. The molecule has 6 N–H and O–H groups in total. The van der Waals surface area contributed by atoms with Crippen molar-refractivity contribution in [3.8, 4) is 11.3 Å². The van der Waals surface area contributed by atoms with E-state index in [0.29, 0.717) is 31.1 Å². The predicted molar refractivity (Wildman–Crippen MR) is 98.7 cm³/mol. The van der Waals surface area contributed by atoms with E-state index in [1.54, 1.807) is 18.3 Å². The molecule has 3 aromatic rings. The molecule has 0 aliphatic rings. The first-order chi connectivity index (χ1) is 12.8. The maximum Gasteiger partial charge on any atom is 0.315 e. The summed E-state index contributed by atoms with van der Waals surface area (Å²) in [6.07, 6.45) is 2.27. The van der Waals surface area contributed by atoms with Crippen molar-refractivity contribution in [3.63, 3.8) is 0 Å². The molecule has 0 aliphatic heterocycles. The van der Waals surface area contributed by atoms with Gasteiger partial charge in [-0.3, -0.25) is 4.79 Å². The van der Waals surface area contributed by atoms with Gasteiger partial charge in [-0.25, -0.2) is 4.98 Å². The summed E-state index contributed by atoms with van der Waals surface area (Å²) in [4.78, 5) is 20.1. The SMILES string of the molecule is [NH2+]=Nc1nccc(NCCCNC(=O)c2cc(-c3ccccc3)on2)n1.[NH2-]. The Balaban J connectivity index is 0.00000261. The number of benzene rings is 1. The molecular weight excluding hydrogens is 348 g/mol. The lowest BCUT2D eigenvalue weighted by molar-refractivity contribution is -0.211. The van der Waals surface area contributed by atoms with Gasteiger partial charge < -0.3 is 21.3 Å². The number of hydrogen-bond acceptors (Lipinski definition) is 7. The fourth-order valence-corrected chi connectivity index (χ4v) is 2.23. The van der Waals surface area contributed by atoms with Crippen molar-refractivity contribution in [2.45, 2.75) is 6.42 Å². The summed E-state index contributed by atoms with van der Waals surface area (Å²) < 4.78 is 5.22. The second-order valence-electron chi connectivity index (χ2n) is 5.35. The standard InChI is InChI=1S/C17H17N7O2.H2N/c18-23-17-21-10-7-15(22-17)19-8-4-9-20-16(25)13-11-14(26-24-13)12-5-2-1-3-6-12;/h1-3,5-7,10-11,18H,4,8-9H2,(H,20,25)(H,19,21,22);1H2/q;-1/p+1. The highest BCUT2D eigenvalue weighted by molar-refractivity contribution is 5.93. The Morgan fingerprint density at radius 2 is 2.00 bits per heavy atom. The van der Waals surface area contributed by atoms with Gasteiger partial charge in [-0.15, -0.1) is 5.53 Å². The van der Waals surface area contributed by atoms with E-state index in [1.165, 1.54) is 0 Å². The third kappa shape index (κ3) is 5.41. The van der Waals surface area contributed by atoms with Crippen LogP contribution >= 0.6 is 0 Å². The molecule has 27 heavy (non-hydrogen) atoms. The number of nitrogens with two attached hydrogens (primary N) is 2. The van der Waals surface area contributed by atoms with E-state index in [9.17, 15) is 4.79 Å². The average Bonchev–Trinajstić information content (AvgIpc) is 3.19. The number of rotatable bonds is 8. The Bertz CT molecular complexity index is 881. The number of carbonyl (C=O) groups excluding carboxylic acids is 1. The fraction of sp³-hybridized carbons (Fsp3) is 0.176. The lowest BCUT2D eigenvalue weighted by atomic mass is 10.1. The lowest BCUT2D eigenvalue weighted by Gasteiger charge is -2.05. The summed E-state index contributed by atoms with van der Waals surface area (Å²) in [6.45, 7) is 1.11. The van der Waals surface area contributed by atoms with Gasteiger partial charge in [0.1, 0.15) is 5.82 Å². The molecule has 10 nitrogen and oxygen atoms in total. The van der Waals surface area contributed by atoms with E-state index < -0.39 is 0 Å². The monoisotopic (exact) mass is 368 g/mol. The van der Waals surface area contributed by atoms with Crippen molar-refractivity contribution in [3.05, 3.63) is 60.5 Å². The molecule has 0 fully saturated rings. The van der Waals surface area contributed by atoms with Crippen LogP contribution in [-0.2, 0) is 0 Å². The first-order valence-electron chi connectivity index (χ1n) is 8.04. The number of hydrogen-bond donors (Lipinski definition) is 3. The van der Waals surface area contributed by atoms with Crippen LogP contribution in [0, 0.1) is 0 Å². The predicted octanol–water partition coefficient (Wildman–Crippen LogP) is 1.92. The Kier molecular flexibility index (Phi) is 7.08. The number of anilines is 1. The van der Waals surface area contributed by atoms with Crippen LogP contribution in [-0.4, -0.2) is 34.1 Å². The molecule has 0 unspecified atom stereocenters. The average molecular weight is 368 g/mol. The van der Waals surface area contributed by atoms with Crippen LogP contribution in [0.5, 0.6) is 0 Å². The molecule has 0 saturated heterocycles. The molecule has 10 heteroatoms. The summed E-state index contributed by atoms with van der Waals surface area (Å²) in [7, 11) is 0. The van der Waals surface area contributed by atoms with Gasteiger partial charge in [-0.1, -0.05) is 35.5 Å². The molecule has 2 heterocycles. The highest BCUT2D eigenvalue weighted by atomic mass is 16.5. The van der Waals surface area contributed by atoms with Gasteiger partial charge in [-0.2, -0.15) is 4.98 Å². The second-order valence-corrected chi connectivity index (χ2v) is 5.35. The summed E-state index contributed by atoms with van der Waals surface area (Å²) in [5, 5.41) is 13.1. The quantitative estimate of drug-likeness (QED) is 0.406. The Hall–Kier alpha value is -3.66. The molecule has 0 spiro atoms. The minimum absolute atomic E-state index is 0. The zero-order valence-electron chi connectivity index (χ0n) is 14.5. The molecule has 2 aromatic heterocycles. The summed E-state index contributed by atoms with van der Waals surface area (Å²) in [5.74, 6) is 1.12. The first kappa shape index (κ1) is 19.7. The Morgan fingerprint density at radius 1 is 1.19 bits per heavy atom. The van der Waals surface area contributed by atoms with E-state index in [1.807, 2.05) is 30.3 Å². The van der Waals surface area contributed by atoms with Crippen molar-refractivity contribution in [2.75, 3.05) is 18.4 Å². The van der Waals surface area contributed by atoms with Crippen LogP contribution in [0.25, 0.3) is 17.5 Å². The van der Waals surface area contributed by atoms with E-state index in [2.05, 4.69) is 30.9 Å². The van der Waals surface area contributed by atoms with Crippen LogP contribution in [0.1, 0.15) is 16.9 Å². The minimum Gasteiger partial charge on any atom is -0.693 e. The maximum absolute atomic E-state index is 12.1. The number of nitrogens with zero attached hydrogens (tertiary/aromatic N) is 4. The van der Waals surface area contributed by atoms with Gasteiger partial charge in [0.15, 0.2) is 11.5 Å². The molecule has 1 amide bonds. The van der Waals surface area contributed by atoms with Gasteiger partial charge in [0.2, 0.25) is 0 Å². The van der Waals surface area contributed by atoms with Crippen LogP contribution < -0.4 is 16.2 Å². The molecule has 0 aliphatic carbocycles. The van der Waals surface area contributed by atoms with Gasteiger partial charge in [0, 0.05) is 36.0 Å². The first-order valence-corrected chi connectivity index (χ1v) is 8.04. The normalized spacial score (nSPS) is 9.93. The zero-order valence-corrected chi connectivity index (χ0v) is 14.5. The number of amides is 1. The minimum atomic E-state index is -0.276. The third-order valence-electron chi connectivity index (χ3n) is 3.50. The molecular formula is C17H20N8O2. The van der Waals surface area contributed by atoms with Gasteiger partial charge in [0.05, 0.1) is 0 Å². The second kappa shape index (κ2) is 9.73. The molecule has 0 atom stereocenters. The number of carbonyl (C=O) groups is 1. The smallest absolute Gasteiger partial charge is 0.315 e. The van der Waals surface area contributed by atoms with Crippen molar-refractivity contribution < 1.29 is 14.8 Å². The maximum atomic E-state index is 12.1. The zero-order chi connectivity index (χ0) is 18.2. The van der Waals surface area contributed by atoms with Crippen molar-refractivity contribution >= 4 is 17.7 Å². The largest absolute Gasteiger partial charge is 0.693 e. The Morgan fingerprint density at radius 3 is 2.78 bits per heavy atom. The van der Waals surface area contributed by atoms with E-state index >= 15 is 0 Å². The summed E-state index contributed by atoms with van der Waals surface area (Å²) in [6, 6.07) is 12.8. The van der Waals surface area contributed by atoms with Crippen LogP contribution in [0.4, 0.5) is 11.8 Å². The summed E-state index contributed by atoms with van der Waals surface area (Å²) in [5.41, 5.74) is 6.26. The van der Waals surface area contributed by atoms with E-state index in [-0.39, 0.29) is 23.7 Å². The molecule has 140 valence electrons. The van der Waals surface area contributed by atoms with E-state index in [0.717, 1.165) is 5.56 Å². The molecule has 1 aromatic carbocycles. The van der Waals surface area contributed by atoms with Crippen LogP contribution in [0.15, 0.2) is 58.3 Å². The summed E-state index contributed by atoms with van der Waals surface area (Å²) >= 11 is 0. The van der Waals surface area contributed by atoms with Crippen LogP contribution in [0.2, 0.25) is 0 Å². The molecule has 0 radical (unpaired) electrons. The van der Waals surface area contributed by atoms with Crippen molar-refractivity contribution in [1.82, 2.24) is 20.4 Å². The Labute approximate surface area is 155 Å². The van der Waals surface area contributed by atoms with Crippen LogP contribution in [0.3, 0.4) is 0 Å². The van der Waals surface area contributed by atoms with E-state index in [4.69, 9.17) is 10.1 Å². The highest BCUT2D eigenvalue weighted by Crippen LogP contribution is 2.19. The van der Waals surface area contributed by atoms with Gasteiger partial charge in [-0.05, 0) is 12.5 Å². The topological polar surface area (TPSA) is 164 Å². The van der Waals surface area contributed by atoms with Crippen molar-refractivity contribution in [1.29, 1.82) is 0 Å².